The molecule has 2 aromatic rings. The molecule has 1 aromatic carbocycles. The first kappa shape index (κ1) is 14.7. The largest absolute Gasteiger partial charge is 0.360 e. The van der Waals surface area contributed by atoms with Gasteiger partial charge < -0.3 is 4.90 Å². The molecule has 5 nitrogen and oxygen atoms in total. The topological polar surface area (TPSA) is 46.8 Å². The maximum absolute atomic E-state index is 4.46. The number of aromatic nitrogens is 4. The van der Waals surface area contributed by atoms with E-state index in [1.807, 2.05) is 0 Å². The second kappa shape index (κ2) is 5.95. The molecule has 23 heavy (non-hydrogen) atoms. The summed E-state index contributed by atoms with van der Waals surface area (Å²) in [6.45, 7) is 5.61. The molecular formula is C18H25N5. The highest BCUT2D eigenvalue weighted by molar-refractivity contribution is 5.59. The number of rotatable bonds is 4. The summed E-state index contributed by atoms with van der Waals surface area (Å²) >= 11 is 0. The van der Waals surface area contributed by atoms with Crippen molar-refractivity contribution in [1.82, 2.24) is 20.2 Å². The van der Waals surface area contributed by atoms with E-state index >= 15 is 0 Å². The maximum Gasteiger partial charge on any atom is 0.174 e. The third kappa shape index (κ3) is 2.52. The van der Waals surface area contributed by atoms with Gasteiger partial charge in [-0.15, -0.1) is 5.10 Å². The molecular weight excluding hydrogens is 286 g/mol. The Morgan fingerprint density at radius 1 is 1.13 bits per heavy atom. The first-order valence-corrected chi connectivity index (χ1v) is 8.88. The number of hydrogen-bond donors (Lipinski definition) is 0. The summed E-state index contributed by atoms with van der Waals surface area (Å²) in [5.74, 6) is 1.51. The molecule has 0 N–H and O–H groups in total. The molecule has 1 atom stereocenters. The Hall–Kier alpha value is -1.91. The molecule has 0 radical (unpaired) electrons. The van der Waals surface area contributed by atoms with Crippen molar-refractivity contribution in [3.63, 3.8) is 0 Å². The van der Waals surface area contributed by atoms with Crippen LogP contribution in [-0.2, 0) is 6.42 Å². The molecule has 1 aliphatic carbocycles. The average Bonchev–Trinajstić information content (AvgIpc) is 3.28. The highest BCUT2D eigenvalue weighted by Crippen LogP contribution is 2.39. The Bertz CT molecular complexity index is 672. The second-order valence-electron chi connectivity index (χ2n) is 7.18. The van der Waals surface area contributed by atoms with Crippen LogP contribution in [0.3, 0.4) is 0 Å². The first-order chi connectivity index (χ1) is 11.3. The van der Waals surface area contributed by atoms with Gasteiger partial charge in [-0.25, -0.2) is 4.68 Å². The van der Waals surface area contributed by atoms with Crippen LogP contribution in [0.1, 0.15) is 63.0 Å². The minimum Gasteiger partial charge on any atom is -0.360 e. The molecule has 0 saturated heterocycles. The Kier molecular flexibility index (Phi) is 3.79. The SMILES string of the molecule is CC(C)[C@H](c1nnnn1C1CCCC1)N1CCc2ccccc21. The van der Waals surface area contributed by atoms with Gasteiger partial charge in [-0.05, 0) is 47.2 Å². The van der Waals surface area contributed by atoms with E-state index in [9.17, 15) is 0 Å². The minimum atomic E-state index is 0.245. The Morgan fingerprint density at radius 2 is 1.91 bits per heavy atom. The average molecular weight is 311 g/mol. The number of nitrogens with zero attached hydrogens (tertiary/aromatic N) is 5. The van der Waals surface area contributed by atoms with Crippen LogP contribution in [0, 0.1) is 5.92 Å². The molecule has 2 aliphatic rings. The molecule has 1 aliphatic heterocycles. The van der Waals surface area contributed by atoms with Gasteiger partial charge in [0.15, 0.2) is 5.82 Å². The van der Waals surface area contributed by atoms with Crippen molar-refractivity contribution < 1.29 is 0 Å². The molecule has 4 rings (SSSR count). The lowest BCUT2D eigenvalue weighted by molar-refractivity contribution is 0.383. The quantitative estimate of drug-likeness (QED) is 0.866. The van der Waals surface area contributed by atoms with Crippen molar-refractivity contribution in [2.45, 2.75) is 58.0 Å². The Balaban J connectivity index is 1.71. The third-order valence-electron chi connectivity index (χ3n) is 5.34. The predicted octanol–water partition coefficient (Wildman–Crippen LogP) is 3.55. The molecule has 1 saturated carbocycles. The van der Waals surface area contributed by atoms with E-state index in [1.54, 1.807) is 0 Å². The van der Waals surface area contributed by atoms with E-state index in [0.29, 0.717) is 12.0 Å². The zero-order chi connectivity index (χ0) is 15.8. The summed E-state index contributed by atoms with van der Waals surface area (Å²) in [6.07, 6.45) is 6.12. The van der Waals surface area contributed by atoms with Crippen molar-refractivity contribution in [3.05, 3.63) is 35.7 Å². The smallest absolute Gasteiger partial charge is 0.174 e. The van der Waals surface area contributed by atoms with Gasteiger partial charge in [0, 0.05) is 12.2 Å². The number of anilines is 1. The zero-order valence-electron chi connectivity index (χ0n) is 14.0. The van der Waals surface area contributed by atoms with Crippen molar-refractivity contribution >= 4 is 5.69 Å². The fourth-order valence-electron chi connectivity index (χ4n) is 4.25. The Morgan fingerprint density at radius 3 is 2.70 bits per heavy atom. The van der Waals surface area contributed by atoms with Gasteiger partial charge in [-0.2, -0.15) is 0 Å². The highest BCUT2D eigenvalue weighted by Gasteiger charge is 2.34. The lowest BCUT2D eigenvalue weighted by Gasteiger charge is -2.33. The van der Waals surface area contributed by atoms with Crippen LogP contribution in [0.4, 0.5) is 5.69 Å². The molecule has 0 unspecified atom stereocenters. The van der Waals surface area contributed by atoms with Gasteiger partial charge in [0.05, 0.1) is 12.1 Å². The standard InChI is InChI=1S/C18H25N5/c1-13(2)17(22-12-11-14-7-3-6-10-16(14)22)18-19-20-21-23(18)15-8-4-5-9-15/h3,6-7,10,13,15,17H,4-5,8-9,11-12H2,1-2H3/t17-/m1/s1. The van der Waals surface area contributed by atoms with Crippen molar-refractivity contribution in [2.24, 2.45) is 5.92 Å². The lowest BCUT2D eigenvalue weighted by Crippen LogP contribution is -2.33. The fourth-order valence-corrected chi connectivity index (χ4v) is 4.25. The van der Waals surface area contributed by atoms with Gasteiger partial charge in [0.2, 0.25) is 0 Å². The second-order valence-corrected chi connectivity index (χ2v) is 7.18. The van der Waals surface area contributed by atoms with Crippen molar-refractivity contribution in [2.75, 3.05) is 11.4 Å². The van der Waals surface area contributed by atoms with E-state index in [2.05, 4.69) is 63.2 Å². The molecule has 1 fully saturated rings. The van der Waals surface area contributed by atoms with Crippen LogP contribution in [0.2, 0.25) is 0 Å². The summed E-state index contributed by atoms with van der Waals surface area (Å²) < 4.78 is 2.12. The van der Waals surface area contributed by atoms with Crippen LogP contribution in [-0.4, -0.2) is 26.8 Å². The molecule has 1 aromatic heterocycles. The number of benzene rings is 1. The highest BCUT2D eigenvalue weighted by atomic mass is 15.6. The molecule has 0 spiro atoms. The van der Waals surface area contributed by atoms with E-state index in [1.165, 1.54) is 36.9 Å². The number of para-hydroxylation sites is 1. The van der Waals surface area contributed by atoms with E-state index in [4.69, 9.17) is 0 Å². The molecule has 122 valence electrons. The van der Waals surface area contributed by atoms with E-state index in [-0.39, 0.29) is 6.04 Å². The van der Waals surface area contributed by atoms with E-state index < -0.39 is 0 Å². The van der Waals surface area contributed by atoms with Crippen LogP contribution in [0.25, 0.3) is 0 Å². The molecule has 2 heterocycles. The normalized spacial score (nSPS) is 19.5. The van der Waals surface area contributed by atoms with Gasteiger partial charge in [-0.3, -0.25) is 0 Å². The number of hydrogen-bond acceptors (Lipinski definition) is 4. The minimum absolute atomic E-state index is 0.245. The molecule has 0 amide bonds. The predicted molar refractivity (Wildman–Crippen MR) is 90.4 cm³/mol. The van der Waals surface area contributed by atoms with Crippen LogP contribution >= 0.6 is 0 Å². The monoisotopic (exact) mass is 311 g/mol. The Labute approximate surface area is 137 Å². The summed E-state index contributed by atoms with van der Waals surface area (Å²) in [6, 6.07) is 9.48. The van der Waals surface area contributed by atoms with Gasteiger partial charge in [-0.1, -0.05) is 44.9 Å². The summed E-state index contributed by atoms with van der Waals surface area (Å²) in [5, 5.41) is 12.9. The summed E-state index contributed by atoms with van der Waals surface area (Å²) in [4.78, 5) is 2.51. The summed E-state index contributed by atoms with van der Waals surface area (Å²) in [5.41, 5.74) is 2.80. The van der Waals surface area contributed by atoms with Crippen molar-refractivity contribution in [1.29, 1.82) is 0 Å². The van der Waals surface area contributed by atoms with Crippen LogP contribution in [0.5, 0.6) is 0 Å². The molecule has 5 heteroatoms. The zero-order valence-corrected chi connectivity index (χ0v) is 14.0. The molecule has 0 bridgehead atoms. The van der Waals surface area contributed by atoms with Gasteiger partial charge in [0.1, 0.15) is 0 Å². The third-order valence-corrected chi connectivity index (χ3v) is 5.34. The van der Waals surface area contributed by atoms with Gasteiger partial charge in [0.25, 0.3) is 0 Å². The first-order valence-electron chi connectivity index (χ1n) is 8.88. The van der Waals surface area contributed by atoms with Crippen LogP contribution in [0.15, 0.2) is 24.3 Å². The summed E-state index contributed by atoms with van der Waals surface area (Å²) in [7, 11) is 0. The van der Waals surface area contributed by atoms with E-state index in [0.717, 1.165) is 18.8 Å². The lowest BCUT2D eigenvalue weighted by atomic mass is 10.0. The number of tetrazole rings is 1. The fraction of sp³-hybridized carbons (Fsp3) is 0.611. The van der Waals surface area contributed by atoms with Gasteiger partial charge >= 0.3 is 0 Å². The maximum atomic E-state index is 4.46. The van der Waals surface area contributed by atoms with Crippen molar-refractivity contribution in [3.8, 4) is 0 Å². The number of fused-ring (bicyclic) bond motifs is 1. The van der Waals surface area contributed by atoms with Crippen LogP contribution < -0.4 is 4.90 Å².